The third-order valence-electron chi connectivity index (χ3n) is 6.60. The Morgan fingerprint density at radius 2 is 1.67 bits per heavy atom. The van der Waals surface area contributed by atoms with Crippen LogP contribution in [0.2, 0.25) is 0 Å². The van der Waals surface area contributed by atoms with Gasteiger partial charge in [-0.2, -0.15) is 0 Å². The van der Waals surface area contributed by atoms with Crippen LogP contribution in [0.15, 0.2) is 42.9 Å². The molecule has 0 fully saturated rings. The summed E-state index contributed by atoms with van der Waals surface area (Å²) in [6.45, 7) is 4.12. The number of H-pyrrole nitrogens is 1. The smallest absolute Gasteiger partial charge is 0.326 e. The number of hydrogen-bond donors (Lipinski definition) is 7. The summed E-state index contributed by atoms with van der Waals surface area (Å²) in [4.78, 5) is 58.2. The molecule has 2 rings (SSSR count). The van der Waals surface area contributed by atoms with Gasteiger partial charge < -0.3 is 37.5 Å². The molecule has 12 nitrogen and oxygen atoms in total. The quantitative estimate of drug-likeness (QED) is 0.137. The lowest BCUT2D eigenvalue weighted by Crippen LogP contribution is -2.59. The van der Waals surface area contributed by atoms with Crippen LogP contribution in [0.25, 0.3) is 0 Å². The fourth-order valence-corrected chi connectivity index (χ4v) is 4.03. The van der Waals surface area contributed by atoms with E-state index in [1.807, 2.05) is 44.2 Å². The zero-order valence-electron chi connectivity index (χ0n) is 22.6. The van der Waals surface area contributed by atoms with Crippen LogP contribution in [0.5, 0.6) is 0 Å². The van der Waals surface area contributed by atoms with Crippen LogP contribution in [0.3, 0.4) is 0 Å². The number of nitrogens with two attached hydrogens (primary N) is 2. The second-order valence-corrected chi connectivity index (χ2v) is 9.69. The number of carbonyl (C=O) groups is 4. The molecule has 214 valence electrons. The number of unbranched alkanes of at least 4 members (excludes halogenated alkanes) is 1. The normalized spacial score (nSPS) is 14.9. The molecule has 1 heterocycles. The highest BCUT2D eigenvalue weighted by Gasteiger charge is 2.32. The topological polar surface area (TPSA) is 205 Å². The predicted octanol–water partition coefficient (Wildman–Crippen LogP) is 0.236. The highest BCUT2D eigenvalue weighted by Crippen LogP contribution is 2.11. The summed E-state index contributed by atoms with van der Waals surface area (Å²) < 4.78 is 0. The average molecular weight is 544 g/mol. The number of carboxylic acid groups (broad SMARTS) is 1. The molecule has 0 aliphatic rings. The summed E-state index contributed by atoms with van der Waals surface area (Å²) in [5, 5.41) is 17.6. The Labute approximate surface area is 228 Å². The number of rotatable bonds is 17. The van der Waals surface area contributed by atoms with Gasteiger partial charge in [-0.25, -0.2) is 9.78 Å². The lowest BCUT2D eigenvalue weighted by molar-refractivity contribution is -0.142. The van der Waals surface area contributed by atoms with E-state index in [1.54, 1.807) is 6.20 Å². The number of carbonyl (C=O) groups excluding carboxylic acids is 3. The maximum absolute atomic E-state index is 13.5. The molecule has 5 unspecified atom stereocenters. The molecule has 0 aliphatic carbocycles. The van der Waals surface area contributed by atoms with Gasteiger partial charge in [-0.3, -0.25) is 14.4 Å². The fraction of sp³-hybridized carbons (Fsp3) is 0.519. The van der Waals surface area contributed by atoms with Crippen molar-refractivity contribution in [1.82, 2.24) is 25.9 Å². The minimum Gasteiger partial charge on any atom is -0.480 e. The standard InChI is InChI=1S/C27H41N7O5/c1-3-17(2)23(34-24(35)20(29)14-19-15-30-16-31-19)26(37)33-22(13-18-9-5-4-6-10-18)25(36)32-21(27(38)39)11-7-8-12-28/h4-6,9-10,15-17,20-23H,3,7-8,11-14,28-29H2,1-2H3,(H,30,31)(H,32,36)(H,33,37)(H,34,35)(H,38,39). The zero-order valence-corrected chi connectivity index (χ0v) is 22.6. The van der Waals surface area contributed by atoms with Gasteiger partial charge in [-0.05, 0) is 37.3 Å². The Morgan fingerprint density at radius 1 is 0.974 bits per heavy atom. The molecule has 12 heteroatoms. The van der Waals surface area contributed by atoms with Gasteiger partial charge in [-0.1, -0.05) is 50.6 Å². The average Bonchev–Trinajstić information content (AvgIpc) is 3.43. The van der Waals surface area contributed by atoms with Crippen LogP contribution >= 0.6 is 0 Å². The number of aliphatic carboxylic acids is 1. The largest absolute Gasteiger partial charge is 0.480 e. The Balaban J connectivity index is 2.19. The van der Waals surface area contributed by atoms with Crippen molar-refractivity contribution in [1.29, 1.82) is 0 Å². The second-order valence-electron chi connectivity index (χ2n) is 9.69. The fourth-order valence-electron chi connectivity index (χ4n) is 4.03. The molecule has 1 aromatic heterocycles. The summed E-state index contributed by atoms with van der Waals surface area (Å²) >= 11 is 0. The highest BCUT2D eigenvalue weighted by molar-refractivity contribution is 5.94. The first-order chi connectivity index (χ1) is 18.7. The van der Waals surface area contributed by atoms with Gasteiger partial charge in [-0.15, -0.1) is 0 Å². The molecule has 0 saturated heterocycles. The van der Waals surface area contributed by atoms with E-state index in [9.17, 15) is 24.3 Å². The monoisotopic (exact) mass is 543 g/mol. The van der Waals surface area contributed by atoms with Crippen molar-refractivity contribution < 1.29 is 24.3 Å². The Bertz CT molecular complexity index is 1050. The van der Waals surface area contributed by atoms with Gasteiger partial charge in [0.15, 0.2) is 0 Å². The summed E-state index contributed by atoms with van der Waals surface area (Å²) in [5.41, 5.74) is 13.0. The van der Waals surface area contributed by atoms with Crippen LogP contribution < -0.4 is 27.4 Å². The van der Waals surface area contributed by atoms with Gasteiger partial charge in [0, 0.05) is 24.7 Å². The molecule has 0 spiro atoms. The number of imidazole rings is 1. The number of amides is 3. The van der Waals surface area contributed by atoms with Crippen molar-refractivity contribution >= 4 is 23.7 Å². The number of hydrogen-bond acceptors (Lipinski definition) is 7. The van der Waals surface area contributed by atoms with Crippen LogP contribution in [0.1, 0.15) is 50.8 Å². The van der Waals surface area contributed by atoms with E-state index in [0.717, 1.165) is 5.56 Å². The molecule has 9 N–H and O–H groups in total. The highest BCUT2D eigenvalue weighted by atomic mass is 16.4. The Morgan fingerprint density at radius 3 is 2.26 bits per heavy atom. The maximum Gasteiger partial charge on any atom is 0.326 e. The van der Waals surface area contributed by atoms with E-state index in [2.05, 4.69) is 25.9 Å². The summed E-state index contributed by atoms with van der Waals surface area (Å²) in [7, 11) is 0. The number of aromatic nitrogens is 2. The molecule has 0 bridgehead atoms. The molecule has 3 amide bonds. The third kappa shape index (κ3) is 10.5. The molecule has 5 atom stereocenters. The van der Waals surface area contributed by atoms with Gasteiger partial charge in [0.1, 0.15) is 18.1 Å². The molecule has 1 aromatic carbocycles. The lowest BCUT2D eigenvalue weighted by atomic mass is 9.96. The van der Waals surface area contributed by atoms with Crippen molar-refractivity contribution in [2.45, 2.75) is 76.5 Å². The number of benzene rings is 1. The van der Waals surface area contributed by atoms with E-state index in [4.69, 9.17) is 11.5 Å². The maximum atomic E-state index is 13.5. The van der Waals surface area contributed by atoms with Crippen LogP contribution in [-0.2, 0) is 32.0 Å². The predicted molar refractivity (Wildman–Crippen MR) is 146 cm³/mol. The Kier molecular flexibility index (Phi) is 13.1. The van der Waals surface area contributed by atoms with Crippen molar-refractivity contribution in [3.8, 4) is 0 Å². The van der Waals surface area contributed by atoms with Crippen LogP contribution in [0.4, 0.5) is 0 Å². The molecule has 39 heavy (non-hydrogen) atoms. The number of nitrogens with zero attached hydrogens (tertiary/aromatic N) is 1. The van der Waals surface area contributed by atoms with Crippen LogP contribution in [0, 0.1) is 5.92 Å². The summed E-state index contributed by atoms with van der Waals surface area (Å²) in [6.07, 6.45) is 5.34. The zero-order chi connectivity index (χ0) is 28.8. The molecule has 0 radical (unpaired) electrons. The van der Waals surface area contributed by atoms with Gasteiger partial charge in [0.05, 0.1) is 12.4 Å². The lowest BCUT2D eigenvalue weighted by Gasteiger charge is -2.28. The van der Waals surface area contributed by atoms with Crippen LogP contribution in [-0.4, -0.2) is 69.5 Å². The molecule has 0 aliphatic heterocycles. The Hall–Kier alpha value is -3.77. The summed E-state index contributed by atoms with van der Waals surface area (Å²) in [6, 6.07) is 5.00. The first-order valence-electron chi connectivity index (χ1n) is 13.3. The number of carboxylic acids is 1. The molecule has 2 aromatic rings. The minimum atomic E-state index is -1.17. The number of nitrogens with one attached hydrogen (secondary N) is 4. The van der Waals surface area contributed by atoms with Crippen molar-refractivity contribution in [3.05, 3.63) is 54.1 Å². The SMILES string of the molecule is CCC(C)C(NC(=O)C(N)Cc1cnc[nH]1)C(=O)NC(Cc1ccccc1)C(=O)NC(CCCCN)C(=O)O. The third-order valence-corrected chi connectivity index (χ3v) is 6.60. The number of aromatic amines is 1. The molecule has 0 saturated carbocycles. The molecular weight excluding hydrogens is 502 g/mol. The van der Waals surface area contributed by atoms with Crippen molar-refractivity contribution in [2.75, 3.05) is 6.54 Å². The van der Waals surface area contributed by atoms with Gasteiger partial charge in [0.2, 0.25) is 17.7 Å². The van der Waals surface area contributed by atoms with Crippen molar-refractivity contribution in [3.63, 3.8) is 0 Å². The van der Waals surface area contributed by atoms with E-state index < -0.39 is 47.9 Å². The van der Waals surface area contributed by atoms with E-state index in [1.165, 1.54) is 6.33 Å². The first-order valence-corrected chi connectivity index (χ1v) is 13.3. The van der Waals surface area contributed by atoms with E-state index >= 15 is 0 Å². The minimum absolute atomic E-state index is 0.133. The first kappa shape index (κ1) is 31.4. The van der Waals surface area contributed by atoms with Gasteiger partial charge >= 0.3 is 5.97 Å². The van der Waals surface area contributed by atoms with Gasteiger partial charge in [0.25, 0.3) is 0 Å². The van der Waals surface area contributed by atoms with Crippen molar-refractivity contribution in [2.24, 2.45) is 17.4 Å². The second kappa shape index (κ2) is 16.2. The van der Waals surface area contributed by atoms with E-state index in [-0.39, 0.29) is 25.2 Å². The molecular formula is C27H41N7O5. The van der Waals surface area contributed by atoms with E-state index in [0.29, 0.717) is 31.5 Å². The summed E-state index contributed by atoms with van der Waals surface area (Å²) in [5.74, 6) is -3.13.